The van der Waals surface area contributed by atoms with Gasteiger partial charge in [-0.05, 0) is 19.1 Å². The van der Waals surface area contributed by atoms with Gasteiger partial charge in [0.2, 0.25) is 0 Å². The number of carboxylic acid groups (broad SMARTS) is 1. The third-order valence-corrected chi connectivity index (χ3v) is 1.91. The second-order valence-electron chi connectivity index (χ2n) is 3.14. The Morgan fingerprint density at radius 3 is 2.56 bits per heavy atom. The second kappa shape index (κ2) is 4.42. The first-order valence-electron chi connectivity index (χ1n) is 4.34. The fraction of sp³-hybridized carbons (Fsp3) is 0.300. The van der Waals surface area contributed by atoms with Crippen LogP contribution in [-0.4, -0.2) is 23.9 Å². The highest BCUT2D eigenvalue weighted by atomic mass is 19.4. The zero-order valence-corrected chi connectivity index (χ0v) is 8.34. The Morgan fingerprint density at radius 2 is 2.06 bits per heavy atom. The van der Waals surface area contributed by atoms with E-state index in [0.29, 0.717) is 0 Å². The van der Waals surface area contributed by atoms with E-state index in [9.17, 15) is 18.0 Å². The number of hydrogen-bond donors (Lipinski definition) is 1. The van der Waals surface area contributed by atoms with Crippen molar-refractivity contribution in [2.24, 2.45) is 0 Å². The lowest BCUT2D eigenvalue weighted by atomic mass is 10.1. The van der Waals surface area contributed by atoms with Crippen molar-refractivity contribution in [2.45, 2.75) is 13.1 Å². The van der Waals surface area contributed by atoms with Crippen molar-refractivity contribution in [1.82, 2.24) is 0 Å². The number of hydrogen-bond acceptors (Lipinski definition) is 2. The zero-order valence-electron chi connectivity index (χ0n) is 8.34. The molecule has 0 spiro atoms. The van der Waals surface area contributed by atoms with Gasteiger partial charge in [-0.15, -0.1) is 0 Å². The topological polar surface area (TPSA) is 46.5 Å². The minimum Gasteiger partial charge on any atom is -0.484 e. The molecule has 1 aromatic carbocycles. The van der Waals surface area contributed by atoms with Crippen LogP contribution in [0, 0.1) is 6.92 Å². The molecule has 0 bridgehead atoms. The molecule has 0 saturated heterocycles. The quantitative estimate of drug-likeness (QED) is 0.874. The number of aromatic carboxylic acids is 1. The van der Waals surface area contributed by atoms with Crippen molar-refractivity contribution >= 4 is 5.97 Å². The van der Waals surface area contributed by atoms with Gasteiger partial charge in [0.15, 0.2) is 6.61 Å². The number of benzene rings is 1. The van der Waals surface area contributed by atoms with Gasteiger partial charge in [0.25, 0.3) is 0 Å². The Hall–Kier alpha value is -1.72. The van der Waals surface area contributed by atoms with E-state index in [1.165, 1.54) is 25.1 Å². The van der Waals surface area contributed by atoms with E-state index in [1.807, 2.05) is 0 Å². The molecule has 0 heterocycles. The average molecular weight is 234 g/mol. The molecule has 1 aromatic rings. The lowest BCUT2D eigenvalue weighted by Gasteiger charge is -2.12. The number of carboxylic acids is 1. The molecule has 0 amide bonds. The van der Waals surface area contributed by atoms with Gasteiger partial charge in [-0.2, -0.15) is 13.2 Å². The molecule has 0 aliphatic rings. The molecular weight excluding hydrogens is 225 g/mol. The molecule has 0 aliphatic carbocycles. The molecule has 1 rings (SSSR count). The van der Waals surface area contributed by atoms with E-state index in [4.69, 9.17) is 5.11 Å². The highest BCUT2D eigenvalue weighted by molar-refractivity contribution is 5.90. The van der Waals surface area contributed by atoms with E-state index < -0.39 is 18.8 Å². The molecule has 1 N–H and O–H groups in total. The van der Waals surface area contributed by atoms with Crippen LogP contribution in [0.5, 0.6) is 5.75 Å². The Morgan fingerprint density at radius 1 is 1.44 bits per heavy atom. The van der Waals surface area contributed by atoms with Crippen molar-refractivity contribution in [3.63, 3.8) is 0 Å². The maximum absolute atomic E-state index is 11.9. The van der Waals surface area contributed by atoms with Crippen molar-refractivity contribution < 1.29 is 27.8 Å². The summed E-state index contributed by atoms with van der Waals surface area (Å²) in [5.41, 5.74) is 0.110. The SMILES string of the molecule is Cc1c(OCC(F)(F)F)cccc1C(=O)O. The lowest BCUT2D eigenvalue weighted by molar-refractivity contribution is -0.153. The summed E-state index contributed by atoms with van der Waals surface area (Å²) >= 11 is 0. The lowest BCUT2D eigenvalue weighted by Crippen LogP contribution is -2.19. The monoisotopic (exact) mass is 234 g/mol. The molecule has 16 heavy (non-hydrogen) atoms. The summed E-state index contributed by atoms with van der Waals surface area (Å²) in [6.07, 6.45) is -4.44. The standard InChI is InChI=1S/C10H9F3O3/c1-6-7(9(14)15)3-2-4-8(6)16-5-10(11,12)13/h2-4H,5H2,1H3,(H,14,15). The third-order valence-electron chi connectivity index (χ3n) is 1.91. The molecule has 0 unspecified atom stereocenters. The molecule has 88 valence electrons. The molecular formula is C10H9F3O3. The number of halogens is 3. The molecule has 0 fully saturated rings. The van der Waals surface area contributed by atoms with Crippen LogP contribution >= 0.6 is 0 Å². The van der Waals surface area contributed by atoms with Crippen molar-refractivity contribution in [1.29, 1.82) is 0 Å². The predicted molar refractivity (Wildman–Crippen MR) is 49.7 cm³/mol. The zero-order chi connectivity index (χ0) is 12.3. The Kier molecular flexibility index (Phi) is 3.41. The normalized spacial score (nSPS) is 11.2. The largest absolute Gasteiger partial charge is 0.484 e. The first-order chi connectivity index (χ1) is 7.31. The minimum atomic E-state index is -4.44. The van der Waals surface area contributed by atoms with Gasteiger partial charge in [0, 0.05) is 5.56 Å². The molecule has 0 saturated carbocycles. The van der Waals surface area contributed by atoms with Gasteiger partial charge in [0.1, 0.15) is 5.75 Å². The van der Waals surface area contributed by atoms with Crippen LogP contribution in [0.3, 0.4) is 0 Å². The molecule has 0 atom stereocenters. The average Bonchev–Trinajstić information content (AvgIpc) is 2.14. The van der Waals surface area contributed by atoms with Crippen LogP contribution in [-0.2, 0) is 0 Å². The van der Waals surface area contributed by atoms with Crippen LogP contribution in [0.25, 0.3) is 0 Å². The first kappa shape index (κ1) is 12.4. The molecule has 3 nitrogen and oxygen atoms in total. The van der Waals surface area contributed by atoms with Gasteiger partial charge in [-0.1, -0.05) is 6.07 Å². The predicted octanol–water partition coefficient (Wildman–Crippen LogP) is 2.63. The van der Waals surface area contributed by atoms with Crippen molar-refractivity contribution in [2.75, 3.05) is 6.61 Å². The van der Waals surface area contributed by atoms with Gasteiger partial charge in [-0.3, -0.25) is 0 Å². The fourth-order valence-corrected chi connectivity index (χ4v) is 1.16. The Labute approximate surface area is 89.5 Å². The number of ether oxygens (including phenoxy) is 1. The Bertz CT molecular complexity index is 399. The number of carbonyl (C=O) groups is 1. The van der Waals surface area contributed by atoms with Crippen LogP contribution in [0.2, 0.25) is 0 Å². The van der Waals surface area contributed by atoms with Crippen LogP contribution in [0.15, 0.2) is 18.2 Å². The van der Waals surface area contributed by atoms with E-state index in [-0.39, 0.29) is 16.9 Å². The number of rotatable bonds is 3. The fourth-order valence-electron chi connectivity index (χ4n) is 1.16. The maximum atomic E-state index is 11.9. The number of alkyl halides is 3. The van der Waals surface area contributed by atoms with E-state index in [2.05, 4.69) is 4.74 Å². The molecule has 0 radical (unpaired) electrons. The van der Waals surface area contributed by atoms with Gasteiger partial charge < -0.3 is 9.84 Å². The van der Waals surface area contributed by atoms with Gasteiger partial charge in [-0.25, -0.2) is 4.79 Å². The van der Waals surface area contributed by atoms with E-state index in [0.717, 1.165) is 0 Å². The van der Waals surface area contributed by atoms with Gasteiger partial charge in [0.05, 0.1) is 5.56 Å². The summed E-state index contributed by atoms with van der Waals surface area (Å²) < 4.78 is 40.2. The van der Waals surface area contributed by atoms with Crippen LogP contribution in [0.4, 0.5) is 13.2 Å². The van der Waals surface area contributed by atoms with Crippen LogP contribution in [0.1, 0.15) is 15.9 Å². The van der Waals surface area contributed by atoms with Gasteiger partial charge >= 0.3 is 12.1 Å². The van der Waals surface area contributed by atoms with E-state index in [1.54, 1.807) is 0 Å². The summed E-state index contributed by atoms with van der Waals surface area (Å²) in [6, 6.07) is 3.94. The smallest absolute Gasteiger partial charge is 0.422 e. The summed E-state index contributed by atoms with van der Waals surface area (Å²) in [4.78, 5) is 10.7. The van der Waals surface area contributed by atoms with Crippen molar-refractivity contribution in [3.8, 4) is 5.75 Å². The summed E-state index contributed by atoms with van der Waals surface area (Å²) in [5.74, 6) is -1.27. The summed E-state index contributed by atoms with van der Waals surface area (Å²) in [6.45, 7) is -0.0356. The highest BCUT2D eigenvalue weighted by Crippen LogP contribution is 2.24. The highest BCUT2D eigenvalue weighted by Gasteiger charge is 2.28. The summed E-state index contributed by atoms with van der Waals surface area (Å²) in [7, 11) is 0. The molecule has 0 aliphatic heterocycles. The summed E-state index contributed by atoms with van der Waals surface area (Å²) in [5, 5.41) is 8.74. The molecule has 6 heteroatoms. The minimum absolute atomic E-state index is 0.0697. The Balaban J connectivity index is 2.90. The molecule has 0 aromatic heterocycles. The first-order valence-corrected chi connectivity index (χ1v) is 4.34. The van der Waals surface area contributed by atoms with Crippen LogP contribution < -0.4 is 4.74 Å². The second-order valence-corrected chi connectivity index (χ2v) is 3.14. The third kappa shape index (κ3) is 3.15. The maximum Gasteiger partial charge on any atom is 0.422 e. The van der Waals surface area contributed by atoms with E-state index >= 15 is 0 Å². The van der Waals surface area contributed by atoms with Crippen molar-refractivity contribution in [3.05, 3.63) is 29.3 Å².